The van der Waals surface area contributed by atoms with Crippen molar-refractivity contribution in [1.82, 2.24) is 15.2 Å². The summed E-state index contributed by atoms with van der Waals surface area (Å²) in [4.78, 5) is 31.3. The average Bonchev–Trinajstić information content (AvgIpc) is 3.05. The molecule has 2 bridgehead atoms. The Balaban J connectivity index is 1.36. The highest BCUT2D eigenvalue weighted by molar-refractivity contribution is 5.95. The van der Waals surface area contributed by atoms with Crippen molar-refractivity contribution in [3.8, 4) is 5.75 Å². The van der Waals surface area contributed by atoms with Gasteiger partial charge in [0.15, 0.2) is 0 Å². The summed E-state index contributed by atoms with van der Waals surface area (Å²) in [6.45, 7) is 6.35. The van der Waals surface area contributed by atoms with Crippen LogP contribution in [0.3, 0.4) is 0 Å². The SMILES string of the molecule is CC(C)(C)OC(=O)NC/C(=C\F)COc1ccc2nc(C(=O)N3C4CCC3COC4)ccc2c1. The van der Waals surface area contributed by atoms with Gasteiger partial charge in [-0.15, -0.1) is 0 Å². The first-order valence-corrected chi connectivity index (χ1v) is 11.4. The van der Waals surface area contributed by atoms with E-state index in [-0.39, 0.29) is 36.7 Å². The number of morpholine rings is 1. The maximum atomic E-state index is 13.2. The fourth-order valence-electron chi connectivity index (χ4n) is 4.20. The van der Waals surface area contributed by atoms with Gasteiger partial charge in [-0.3, -0.25) is 4.79 Å². The lowest BCUT2D eigenvalue weighted by Crippen LogP contribution is -2.49. The van der Waals surface area contributed by atoms with Crippen LogP contribution in [0.1, 0.15) is 44.1 Å². The van der Waals surface area contributed by atoms with Gasteiger partial charge < -0.3 is 24.4 Å². The quantitative estimate of drug-likeness (QED) is 0.685. The maximum absolute atomic E-state index is 13.2. The van der Waals surface area contributed by atoms with Crippen LogP contribution in [-0.4, -0.2) is 65.9 Å². The standard InChI is InChI=1S/C25H30FN3O5/c1-25(2,3)34-24(31)27-12-16(11-26)13-33-20-7-9-21-17(10-20)4-8-22(28-21)23(30)29-18-5-6-19(29)15-32-14-18/h4,7-11,18-19H,5-6,12-15H2,1-3H3,(H,27,31)/b16-11+. The van der Waals surface area contributed by atoms with Crippen molar-refractivity contribution < 1.29 is 28.2 Å². The summed E-state index contributed by atoms with van der Waals surface area (Å²) >= 11 is 0. The van der Waals surface area contributed by atoms with Gasteiger partial charge in [-0.2, -0.15) is 0 Å². The van der Waals surface area contributed by atoms with E-state index in [9.17, 15) is 14.0 Å². The molecule has 3 heterocycles. The molecule has 1 aromatic carbocycles. The molecular weight excluding hydrogens is 441 g/mol. The number of halogens is 1. The first-order chi connectivity index (χ1) is 16.2. The molecule has 2 amide bonds. The average molecular weight is 472 g/mol. The van der Waals surface area contributed by atoms with E-state index in [0.29, 0.717) is 36.5 Å². The van der Waals surface area contributed by atoms with Gasteiger partial charge in [-0.1, -0.05) is 6.07 Å². The number of nitrogens with zero attached hydrogens (tertiary/aromatic N) is 2. The summed E-state index contributed by atoms with van der Waals surface area (Å²) in [7, 11) is 0. The molecule has 9 heteroatoms. The molecule has 0 saturated carbocycles. The minimum absolute atomic E-state index is 0.0322. The molecule has 2 fully saturated rings. The Morgan fingerprint density at radius 2 is 1.94 bits per heavy atom. The summed E-state index contributed by atoms with van der Waals surface area (Å²) in [5.41, 5.74) is 0.707. The second kappa shape index (κ2) is 9.97. The molecule has 2 aliphatic heterocycles. The van der Waals surface area contributed by atoms with Gasteiger partial charge in [0, 0.05) is 17.5 Å². The van der Waals surface area contributed by atoms with Crippen molar-refractivity contribution in [3.05, 3.63) is 47.9 Å². The van der Waals surface area contributed by atoms with Crippen LogP contribution < -0.4 is 10.1 Å². The molecule has 1 N–H and O–H groups in total. The number of carbonyl (C=O) groups is 2. The Morgan fingerprint density at radius 3 is 2.62 bits per heavy atom. The third-order valence-corrected chi connectivity index (χ3v) is 5.79. The van der Waals surface area contributed by atoms with E-state index in [1.807, 2.05) is 11.0 Å². The van der Waals surface area contributed by atoms with Crippen molar-refractivity contribution >= 4 is 22.9 Å². The van der Waals surface area contributed by atoms with E-state index in [0.717, 1.165) is 18.2 Å². The monoisotopic (exact) mass is 471 g/mol. The zero-order valence-electron chi connectivity index (χ0n) is 19.7. The molecule has 1 aromatic heterocycles. The molecule has 8 nitrogen and oxygen atoms in total. The van der Waals surface area contributed by atoms with Crippen LogP contribution in [0.4, 0.5) is 9.18 Å². The molecule has 2 aromatic rings. The summed E-state index contributed by atoms with van der Waals surface area (Å²) in [6, 6.07) is 9.09. The smallest absolute Gasteiger partial charge is 0.407 e. The van der Waals surface area contributed by atoms with Crippen LogP contribution in [-0.2, 0) is 9.47 Å². The Hall–Kier alpha value is -3.20. The predicted octanol–water partition coefficient (Wildman–Crippen LogP) is 4.00. The topological polar surface area (TPSA) is 90.0 Å². The van der Waals surface area contributed by atoms with Crippen molar-refractivity contribution in [3.63, 3.8) is 0 Å². The molecule has 2 saturated heterocycles. The van der Waals surface area contributed by atoms with E-state index >= 15 is 0 Å². The number of hydrogen-bond acceptors (Lipinski definition) is 6. The molecule has 182 valence electrons. The van der Waals surface area contributed by atoms with Gasteiger partial charge in [-0.25, -0.2) is 14.2 Å². The Kier molecular flexibility index (Phi) is 7.02. The Bertz CT molecular complexity index is 1080. The van der Waals surface area contributed by atoms with Crippen molar-refractivity contribution in [2.45, 2.75) is 51.3 Å². The van der Waals surface area contributed by atoms with E-state index in [2.05, 4.69) is 10.3 Å². The Labute approximate surface area is 198 Å². The second-order valence-corrected chi connectivity index (χ2v) is 9.60. The number of hydrogen-bond donors (Lipinski definition) is 1. The molecule has 0 radical (unpaired) electrons. The minimum Gasteiger partial charge on any atom is -0.489 e. The second-order valence-electron chi connectivity index (χ2n) is 9.60. The number of amides is 2. The van der Waals surface area contributed by atoms with E-state index in [1.54, 1.807) is 45.0 Å². The van der Waals surface area contributed by atoms with Gasteiger partial charge in [-0.05, 0) is 57.9 Å². The van der Waals surface area contributed by atoms with Crippen LogP contribution in [0.5, 0.6) is 5.75 Å². The van der Waals surface area contributed by atoms with Gasteiger partial charge in [0.25, 0.3) is 5.91 Å². The molecule has 4 rings (SSSR count). The highest BCUT2D eigenvalue weighted by Crippen LogP contribution is 2.30. The fourth-order valence-corrected chi connectivity index (χ4v) is 4.20. The fraction of sp³-hybridized carbons (Fsp3) is 0.480. The minimum atomic E-state index is -0.633. The van der Waals surface area contributed by atoms with Gasteiger partial charge in [0.1, 0.15) is 23.7 Å². The van der Waals surface area contributed by atoms with Gasteiger partial charge >= 0.3 is 6.09 Å². The molecule has 2 unspecified atom stereocenters. The highest BCUT2D eigenvalue weighted by Gasteiger charge is 2.41. The van der Waals surface area contributed by atoms with Crippen LogP contribution in [0.2, 0.25) is 0 Å². The number of aromatic nitrogens is 1. The number of benzene rings is 1. The van der Waals surface area contributed by atoms with E-state index < -0.39 is 11.7 Å². The lowest BCUT2D eigenvalue weighted by molar-refractivity contribution is -0.00744. The molecule has 2 atom stereocenters. The molecule has 0 aliphatic carbocycles. The molecular formula is C25H30FN3O5. The summed E-state index contributed by atoms with van der Waals surface area (Å²) in [5.74, 6) is 0.462. The highest BCUT2D eigenvalue weighted by atomic mass is 19.1. The summed E-state index contributed by atoms with van der Waals surface area (Å²) < 4.78 is 29.6. The number of carbonyl (C=O) groups excluding carboxylic acids is 2. The van der Waals surface area contributed by atoms with Crippen molar-refractivity contribution in [2.75, 3.05) is 26.4 Å². The van der Waals surface area contributed by atoms with Gasteiger partial charge in [0.05, 0.1) is 37.1 Å². The van der Waals surface area contributed by atoms with E-state index in [1.165, 1.54) is 0 Å². The number of nitrogens with one attached hydrogen (secondary N) is 1. The first-order valence-electron chi connectivity index (χ1n) is 11.4. The first kappa shape index (κ1) is 23.9. The van der Waals surface area contributed by atoms with Crippen LogP contribution in [0.25, 0.3) is 10.9 Å². The normalized spacial score (nSPS) is 20.4. The third-order valence-electron chi connectivity index (χ3n) is 5.79. The summed E-state index contributed by atoms with van der Waals surface area (Å²) in [6.07, 6.45) is 1.72. The van der Waals surface area contributed by atoms with Crippen LogP contribution in [0, 0.1) is 0 Å². The number of ether oxygens (including phenoxy) is 3. The van der Waals surface area contributed by atoms with E-state index in [4.69, 9.17) is 14.2 Å². The summed E-state index contributed by atoms with van der Waals surface area (Å²) in [5, 5.41) is 3.31. The Morgan fingerprint density at radius 1 is 1.21 bits per heavy atom. The molecule has 0 spiro atoms. The zero-order valence-corrected chi connectivity index (χ0v) is 19.7. The lowest BCUT2D eigenvalue weighted by atomic mass is 10.1. The van der Waals surface area contributed by atoms with Crippen LogP contribution in [0.15, 0.2) is 42.2 Å². The zero-order chi connectivity index (χ0) is 24.3. The largest absolute Gasteiger partial charge is 0.489 e. The lowest BCUT2D eigenvalue weighted by Gasteiger charge is -2.34. The van der Waals surface area contributed by atoms with Gasteiger partial charge in [0.2, 0.25) is 0 Å². The van der Waals surface area contributed by atoms with Crippen molar-refractivity contribution in [1.29, 1.82) is 0 Å². The number of alkyl carbamates (subject to hydrolysis) is 1. The third kappa shape index (κ3) is 5.64. The van der Waals surface area contributed by atoms with Crippen molar-refractivity contribution in [2.24, 2.45) is 0 Å². The van der Waals surface area contributed by atoms with Crippen LogP contribution >= 0.6 is 0 Å². The molecule has 34 heavy (non-hydrogen) atoms. The maximum Gasteiger partial charge on any atom is 0.407 e. The number of rotatable bonds is 6. The number of pyridine rings is 1. The molecule has 2 aliphatic rings. The number of fused-ring (bicyclic) bond motifs is 3. The predicted molar refractivity (Wildman–Crippen MR) is 124 cm³/mol.